The topological polar surface area (TPSA) is 37.4 Å². The minimum absolute atomic E-state index is 0.0927. The lowest BCUT2D eigenvalue weighted by Gasteiger charge is -2.30. The Morgan fingerprint density at radius 2 is 1.46 bits per heavy atom. The summed E-state index contributed by atoms with van der Waals surface area (Å²) in [6.45, 7) is 3.67. The molecule has 0 unspecified atom stereocenters. The zero-order valence-corrected chi connectivity index (χ0v) is 15.4. The van der Waals surface area contributed by atoms with E-state index in [1.54, 1.807) is 0 Å². The molecule has 1 amide bonds. The third kappa shape index (κ3) is 4.40. The van der Waals surface area contributed by atoms with E-state index < -0.39 is 0 Å². The highest BCUT2D eigenvalue weighted by Gasteiger charge is 2.29. The van der Waals surface area contributed by atoms with Crippen LogP contribution in [0.3, 0.4) is 0 Å². The number of rotatable bonds is 6. The van der Waals surface area contributed by atoms with Gasteiger partial charge in [-0.05, 0) is 31.2 Å². The molecule has 136 valence electrons. The van der Waals surface area contributed by atoms with Crippen molar-refractivity contribution in [3.63, 3.8) is 0 Å². The number of amides is 1. The first-order chi connectivity index (χ1) is 12.7. The molecule has 2 atom stereocenters. The molecule has 0 N–H and O–H groups in total. The van der Waals surface area contributed by atoms with Gasteiger partial charge in [-0.3, -0.25) is 9.59 Å². The molecular formula is C23H27NO2. The van der Waals surface area contributed by atoms with E-state index in [2.05, 4.69) is 0 Å². The van der Waals surface area contributed by atoms with Gasteiger partial charge >= 0.3 is 0 Å². The lowest BCUT2D eigenvalue weighted by Crippen LogP contribution is -2.39. The van der Waals surface area contributed by atoms with Gasteiger partial charge in [0, 0.05) is 30.5 Å². The molecule has 3 nitrogen and oxygen atoms in total. The Kier molecular flexibility index (Phi) is 6.21. The van der Waals surface area contributed by atoms with Crippen molar-refractivity contribution >= 4 is 11.7 Å². The standard InChI is InChI=1S/C23H27NO2/c1-18(23(26)24-15-9-4-10-16-24)17-21(19-11-5-2-6-12-19)22(25)20-13-7-3-8-14-20/h2-3,5-8,11-14,18,21H,4,9-10,15-17H2,1H3/t18-,21-/m0/s1. The van der Waals surface area contributed by atoms with E-state index in [0.29, 0.717) is 12.0 Å². The van der Waals surface area contributed by atoms with E-state index in [9.17, 15) is 9.59 Å². The summed E-state index contributed by atoms with van der Waals surface area (Å²) in [5.74, 6) is -0.171. The number of nitrogens with zero attached hydrogens (tertiary/aromatic N) is 1. The number of carbonyl (C=O) groups excluding carboxylic acids is 2. The number of carbonyl (C=O) groups is 2. The van der Waals surface area contributed by atoms with Gasteiger partial charge in [0.1, 0.15) is 0 Å². The average molecular weight is 349 g/mol. The minimum Gasteiger partial charge on any atom is -0.342 e. The Bertz CT molecular complexity index is 720. The summed E-state index contributed by atoms with van der Waals surface area (Å²) in [6, 6.07) is 19.2. The average Bonchev–Trinajstić information content (AvgIpc) is 2.72. The van der Waals surface area contributed by atoms with Gasteiger partial charge in [0.25, 0.3) is 0 Å². The van der Waals surface area contributed by atoms with Crippen molar-refractivity contribution in [1.82, 2.24) is 4.90 Å². The fourth-order valence-corrected chi connectivity index (χ4v) is 3.76. The summed E-state index contributed by atoms with van der Waals surface area (Å²) in [4.78, 5) is 28.0. The molecule has 2 aromatic carbocycles. The Labute approximate surface area is 156 Å². The Morgan fingerprint density at radius 1 is 0.885 bits per heavy atom. The van der Waals surface area contributed by atoms with Crippen LogP contribution in [0.5, 0.6) is 0 Å². The second kappa shape index (κ2) is 8.79. The minimum atomic E-state index is -0.289. The van der Waals surface area contributed by atoms with E-state index in [1.807, 2.05) is 72.5 Å². The van der Waals surface area contributed by atoms with Gasteiger partial charge in [-0.1, -0.05) is 67.6 Å². The summed E-state index contributed by atoms with van der Waals surface area (Å²) in [6.07, 6.45) is 3.93. The molecule has 1 fully saturated rings. The van der Waals surface area contributed by atoms with Crippen molar-refractivity contribution in [2.45, 2.75) is 38.5 Å². The molecule has 0 aromatic heterocycles. The smallest absolute Gasteiger partial charge is 0.225 e. The maximum atomic E-state index is 13.2. The zero-order valence-electron chi connectivity index (χ0n) is 15.4. The third-order valence-corrected chi connectivity index (χ3v) is 5.26. The second-order valence-corrected chi connectivity index (χ2v) is 7.22. The quantitative estimate of drug-likeness (QED) is 0.709. The Morgan fingerprint density at radius 3 is 2.08 bits per heavy atom. The molecule has 1 aliphatic rings. The van der Waals surface area contributed by atoms with Crippen LogP contribution in [0.25, 0.3) is 0 Å². The predicted molar refractivity (Wildman–Crippen MR) is 104 cm³/mol. The Balaban J connectivity index is 1.79. The van der Waals surface area contributed by atoms with E-state index >= 15 is 0 Å². The summed E-state index contributed by atoms with van der Waals surface area (Å²) in [5, 5.41) is 0. The number of Topliss-reactive ketones (excluding diaryl/α,β-unsaturated/α-hetero) is 1. The number of hydrogen-bond acceptors (Lipinski definition) is 2. The monoisotopic (exact) mass is 349 g/mol. The van der Waals surface area contributed by atoms with E-state index in [4.69, 9.17) is 0 Å². The van der Waals surface area contributed by atoms with Crippen LogP contribution < -0.4 is 0 Å². The number of likely N-dealkylation sites (tertiary alicyclic amines) is 1. The van der Waals surface area contributed by atoms with Crippen LogP contribution in [0, 0.1) is 5.92 Å². The molecule has 3 heteroatoms. The molecule has 3 rings (SSSR count). The first kappa shape index (κ1) is 18.4. The van der Waals surface area contributed by atoms with Crippen LogP contribution in [-0.2, 0) is 4.79 Å². The van der Waals surface area contributed by atoms with Crippen LogP contribution in [-0.4, -0.2) is 29.7 Å². The van der Waals surface area contributed by atoms with Gasteiger partial charge in [-0.15, -0.1) is 0 Å². The zero-order chi connectivity index (χ0) is 18.4. The Hall–Kier alpha value is -2.42. The van der Waals surface area contributed by atoms with Gasteiger partial charge in [0.05, 0.1) is 0 Å². The molecule has 0 bridgehead atoms. The number of piperidine rings is 1. The van der Waals surface area contributed by atoms with Crippen LogP contribution in [0.2, 0.25) is 0 Å². The number of benzene rings is 2. The predicted octanol–water partition coefficient (Wildman–Crippen LogP) is 4.69. The normalized spacial score (nSPS) is 16.7. The lowest BCUT2D eigenvalue weighted by molar-refractivity contribution is -0.136. The highest BCUT2D eigenvalue weighted by atomic mass is 16.2. The first-order valence-corrected chi connectivity index (χ1v) is 9.60. The first-order valence-electron chi connectivity index (χ1n) is 9.60. The van der Waals surface area contributed by atoms with Gasteiger partial charge in [0.15, 0.2) is 5.78 Å². The maximum Gasteiger partial charge on any atom is 0.225 e. The number of ketones is 1. The fraction of sp³-hybridized carbons (Fsp3) is 0.391. The van der Waals surface area contributed by atoms with Gasteiger partial charge < -0.3 is 4.90 Å². The van der Waals surface area contributed by atoms with Crippen LogP contribution in [0.15, 0.2) is 60.7 Å². The second-order valence-electron chi connectivity index (χ2n) is 7.22. The van der Waals surface area contributed by atoms with Crippen molar-refractivity contribution < 1.29 is 9.59 Å². The van der Waals surface area contributed by atoms with Crippen molar-refractivity contribution in [2.24, 2.45) is 5.92 Å². The van der Waals surface area contributed by atoms with Crippen molar-refractivity contribution in [2.75, 3.05) is 13.1 Å². The molecule has 0 aliphatic carbocycles. The summed E-state index contributed by atoms with van der Waals surface area (Å²) < 4.78 is 0. The molecule has 0 spiro atoms. The van der Waals surface area contributed by atoms with Crippen molar-refractivity contribution in [3.05, 3.63) is 71.8 Å². The van der Waals surface area contributed by atoms with Gasteiger partial charge in [0.2, 0.25) is 5.91 Å². The number of hydrogen-bond donors (Lipinski definition) is 0. The van der Waals surface area contributed by atoms with E-state index in [0.717, 1.165) is 31.5 Å². The maximum absolute atomic E-state index is 13.2. The molecule has 0 saturated carbocycles. The van der Waals surface area contributed by atoms with Gasteiger partial charge in [-0.25, -0.2) is 0 Å². The van der Waals surface area contributed by atoms with Gasteiger partial charge in [-0.2, -0.15) is 0 Å². The lowest BCUT2D eigenvalue weighted by atomic mass is 9.83. The molecule has 2 aromatic rings. The van der Waals surface area contributed by atoms with E-state index in [-0.39, 0.29) is 23.5 Å². The van der Waals surface area contributed by atoms with Crippen LogP contribution >= 0.6 is 0 Å². The fourth-order valence-electron chi connectivity index (χ4n) is 3.76. The SMILES string of the molecule is C[C@@H](C[C@H](C(=O)c1ccccc1)c1ccccc1)C(=O)N1CCCCC1. The molecular weight excluding hydrogens is 322 g/mol. The molecule has 1 heterocycles. The highest BCUT2D eigenvalue weighted by molar-refractivity contribution is 6.01. The highest BCUT2D eigenvalue weighted by Crippen LogP contribution is 2.29. The third-order valence-electron chi connectivity index (χ3n) is 5.26. The molecule has 26 heavy (non-hydrogen) atoms. The van der Waals surface area contributed by atoms with Crippen molar-refractivity contribution in [3.8, 4) is 0 Å². The van der Waals surface area contributed by atoms with Crippen LogP contribution in [0.4, 0.5) is 0 Å². The molecule has 1 aliphatic heterocycles. The summed E-state index contributed by atoms with van der Waals surface area (Å²) in [7, 11) is 0. The summed E-state index contributed by atoms with van der Waals surface area (Å²) >= 11 is 0. The van der Waals surface area contributed by atoms with Crippen molar-refractivity contribution in [1.29, 1.82) is 0 Å². The molecule has 1 saturated heterocycles. The van der Waals surface area contributed by atoms with E-state index in [1.165, 1.54) is 6.42 Å². The van der Waals surface area contributed by atoms with Crippen LogP contribution in [0.1, 0.15) is 54.4 Å². The molecule has 0 radical (unpaired) electrons. The summed E-state index contributed by atoms with van der Waals surface area (Å²) in [5.41, 5.74) is 1.69. The largest absolute Gasteiger partial charge is 0.342 e.